The number of hydrogen-bond donors (Lipinski definition) is 2. The summed E-state index contributed by atoms with van der Waals surface area (Å²) in [4.78, 5) is 11.6. The molecule has 2 aromatic rings. The molecule has 0 amide bonds. The van der Waals surface area contributed by atoms with Crippen LogP contribution in [0.4, 0.5) is 0 Å². The zero-order valence-corrected chi connectivity index (χ0v) is 9.03. The number of aromatic nitrogens is 2. The molecule has 0 aliphatic rings. The van der Waals surface area contributed by atoms with Crippen LogP contribution in [0, 0.1) is 0 Å². The number of benzene rings is 1. The molecule has 0 saturated carbocycles. The highest BCUT2D eigenvalue weighted by atomic mass is 16.1. The molecule has 82 valence electrons. The Labute approximate surface area is 93.7 Å². The van der Waals surface area contributed by atoms with Crippen molar-refractivity contribution in [3.05, 3.63) is 42.1 Å². The summed E-state index contributed by atoms with van der Waals surface area (Å²) >= 11 is 0. The number of H-pyrrole nitrogens is 1. The zero-order chi connectivity index (χ0) is 11.4. The van der Waals surface area contributed by atoms with E-state index in [4.69, 9.17) is 0 Å². The molecule has 2 N–H and O–H groups in total. The van der Waals surface area contributed by atoms with Crippen LogP contribution in [0.5, 0.6) is 0 Å². The highest BCUT2D eigenvalue weighted by Gasteiger charge is 2.04. The molecule has 1 heterocycles. The van der Waals surface area contributed by atoms with Crippen LogP contribution in [-0.4, -0.2) is 29.6 Å². The van der Waals surface area contributed by atoms with Gasteiger partial charge in [-0.05, 0) is 18.7 Å². The van der Waals surface area contributed by atoms with Gasteiger partial charge in [-0.25, -0.2) is 0 Å². The van der Waals surface area contributed by atoms with Gasteiger partial charge in [0.2, 0.25) is 0 Å². The smallest absolute Gasteiger partial charge is 0.176 e. The molecule has 1 aromatic heterocycles. The predicted octanol–water partition coefficient (Wildman–Crippen LogP) is 1.48. The van der Waals surface area contributed by atoms with E-state index in [1.54, 1.807) is 13.2 Å². The Kier molecular flexibility index (Phi) is 3.12. The van der Waals surface area contributed by atoms with Gasteiger partial charge in [-0.15, -0.1) is 0 Å². The average molecular weight is 215 g/mol. The number of Topliss-reactive ketones (excluding diaryl/α,β-unsaturated/α-hetero) is 1. The van der Waals surface area contributed by atoms with Crippen molar-refractivity contribution in [3.63, 3.8) is 0 Å². The van der Waals surface area contributed by atoms with E-state index in [1.165, 1.54) is 0 Å². The van der Waals surface area contributed by atoms with Crippen molar-refractivity contribution in [1.29, 1.82) is 0 Å². The molecule has 16 heavy (non-hydrogen) atoms. The minimum Gasteiger partial charge on any atom is -0.313 e. The summed E-state index contributed by atoms with van der Waals surface area (Å²) in [6.45, 7) is 0.364. The van der Waals surface area contributed by atoms with Gasteiger partial charge in [0.05, 0.1) is 12.2 Å². The molecule has 4 heteroatoms. The van der Waals surface area contributed by atoms with E-state index in [2.05, 4.69) is 15.5 Å². The molecule has 2 rings (SSSR count). The third-order valence-corrected chi connectivity index (χ3v) is 2.36. The van der Waals surface area contributed by atoms with E-state index >= 15 is 0 Å². The van der Waals surface area contributed by atoms with Crippen LogP contribution >= 0.6 is 0 Å². The Morgan fingerprint density at radius 3 is 2.62 bits per heavy atom. The van der Waals surface area contributed by atoms with E-state index < -0.39 is 0 Å². The fraction of sp³-hybridized carbons (Fsp3) is 0.167. The molecule has 0 fully saturated rings. The maximum Gasteiger partial charge on any atom is 0.176 e. The van der Waals surface area contributed by atoms with Crippen molar-refractivity contribution in [2.24, 2.45) is 0 Å². The maximum absolute atomic E-state index is 11.6. The van der Waals surface area contributed by atoms with Gasteiger partial charge in [0.15, 0.2) is 5.78 Å². The van der Waals surface area contributed by atoms with Gasteiger partial charge in [-0.3, -0.25) is 9.89 Å². The number of rotatable bonds is 4. The van der Waals surface area contributed by atoms with Crippen LogP contribution in [0.15, 0.2) is 36.5 Å². The van der Waals surface area contributed by atoms with Crippen molar-refractivity contribution in [2.75, 3.05) is 13.6 Å². The number of nitrogens with zero attached hydrogens (tertiary/aromatic N) is 1. The monoisotopic (exact) mass is 215 g/mol. The van der Waals surface area contributed by atoms with Gasteiger partial charge in [0, 0.05) is 11.8 Å². The topological polar surface area (TPSA) is 57.8 Å². The van der Waals surface area contributed by atoms with Crippen LogP contribution in [0.1, 0.15) is 10.4 Å². The molecular formula is C12H13N3O. The Morgan fingerprint density at radius 1 is 1.31 bits per heavy atom. The summed E-state index contributed by atoms with van der Waals surface area (Å²) in [5.41, 5.74) is 2.70. The third-order valence-electron chi connectivity index (χ3n) is 2.36. The normalized spacial score (nSPS) is 10.3. The van der Waals surface area contributed by atoms with Crippen LogP contribution < -0.4 is 5.32 Å². The lowest BCUT2D eigenvalue weighted by molar-refractivity contribution is 0.0993. The Morgan fingerprint density at radius 2 is 2.06 bits per heavy atom. The van der Waals surface area contributed by atoms with Gasteiger partial charge >= 0.3 is 0 Å². The largest absolute Gasteiger partial charge is 0.313 e. The first-order valence-electron chi connectivity index (χ1n) is 5.09. The van der Waals surface area contributed by atoms with E-state index in [0.29, 0.717) is 6.54 Å². The Hall–Kier alpha value is -1.94. The van der Waals surface area contributed by atoms with Crippen LogP contribution in [0.3, 0.4) is 0 Å². The molecule has 0 unspecified atom stereocenters. The second-order valence-electron chi connectivity index (χ2n) is 3.50. The number of aromatic amines is 1. The lowest BCUT2D eigenvalue weighted by atomic mass is 10.1. The van der Waals surface area contributed by atoms with E-state index in [1.807, 2.05) is 30.3 Å². The fourth-order valence-electron chi connectivity index (χ4n) is 1.51. The first-order valence-corrected chi connectivity index (χ1v) is 5.09. The summed E-state index contributed by atoms with van der Waals surface area (Å²) < 4.78 is 0. The minimum atomic E-state index is 0.0960. The summed E-state index contributed by atoms with van der Waals surface area (Å²) in [6, 6.07) is 9.38. The molecule has 0 spiro atoms. The van der Waals surface area contributed by atoms with E-state index in [9.17, 15) is 4.79 Å². The molecule has 0 aliphatic heterocycles. The van der Waals surface area contributed by atoms with Crippen LogP contribution in [0.2, 0.25) is 0 Å². The SMILES string of the molecule is CNCC(=O)c1ccc(-c2ccn[nH]2)cc1. The molecule has 0 radical (unpaired) electrons. The first-order chi connectivity index (χ1) is 7.81. The minimum absolute atomic E-state index is 0.0960. The van der Waals surface area contributed by atoms with Crippen LogP contribution in [-0.2, 0) is 0 Å². The standard InChI is InChI=1S/C12H13N3O/c1-13-8-12(16)10-4-2-9(3-5-10)11-6-7-14-15-11/h2-7,13H,8H2,1H3,(H,14,15). The average Bonchev–Trinajstić information content (AvgIpc) is 2.83. The molecule has 1 aromatic carbocycles. The Balaban J connectivity index is 2.20. The van der Waals surface area contributed by atoms with Gasteiger partial charge in [-0.1, -0.05) is 24.3 Å². The lowest BCUT2D eigenvalue weighted by Crippen LogP contribution is -2.18. The molecule has 0 saturated heterocycles. The molecule has 0 bridgehead atoms. The molecule has 0 aliphatic carbocycles. The summed E-state index contributed by atoms with van der Waals surface area (Å²) in [6.07, 6.45) is 1.70. The van der Waals surface area contributed by atoms with Crippen molar-refractivity contribution in [2.45, 2.75) is 0 Å². The molecule has 0 atom stereocenters. The number of carbonyl (C=O) groups excluding carboxylic acids is 1. The lowest BCUT2D eigenvalue weighted by Gasteiger charge is -2.01. The van der Waals surface area contributed by atoms with Crippen molar-refractivity contribution < 1.29 is 4.79 Å². The zero-order valence-electron chi connectivity index (χ0n) is 9.03. The molecule has 4 nitrogen and oxygen atoms in total. The number of ketones is 1. The third kappa shape index (κ3) is 2.17. The van der Waals surface area contributed by atoms with E-state index in [-0.39, 0.29) is 5.78 Å². The van der Waals surface area contributed by atoms with Crippen molar-refractivity contribution in [3.8, 4) is 11.3 Å². The predicted molar refractivity (Wildman–Crippen MR) is 62.3 cm³/mol. The number of hydrogen-bond acceptors (Lipinski definition) is 3. The fourth-order valence-corrected chi connectivity index (χ4v) is 1.51. The quantitative estimate of drug-likeness (QED) is 0.759. The second kappa shape index (κ2) is 4.72. The summed E-state index contributed by atoms with van der Waals surface area (Å²) in [7, 11) is 1.76. The van der Waals surface area contributed by atoms with Gasteiger partial charge in [-0.2, -0.15) is 5.10 Å². The number of carbonyl (C=O) groups is 1. The van der Waals surface area contributed by atoms with Gasteiger partial charge < -0.3 is 5.32 Å². The highest BCUT2D eigenvalue weighted by molar-refractivity contribution is 5.97. The maximum atomic E-state index is 11.6. The van der Waals surface area contributed by atoms with Crippen molar-refractivity contribution in [1.82, 2.24) is 15.5 Å². The van der Waals surface area contributed by atoms with Gasteiger partial charge in [0.25, 0.3) is 0 Å². The Bertz CT molecular complexity index is 460. The summed E-state index contributed by atoms with van der Waals surface area (Å²) in [5.74, 6) is 0.0960. The summed E-state index contributed by atoms with van der Waals surface area (Å²) in [5, 5.41) is 9.61. The van der Waals surface area contributed by atoms with Gasteiger partial charge in [0.1, 0.15) is 0 Å². The second-order valence-corrected chi connectivity index (χ2v) is 3.50. The first kappa shape index (κ1) is 10.6. The van der Waals surface area contributed by atoms with Crippen molar-refractivity contribution >= 4 is 5.78 Å². The number of likely N-dealkylation sites (N-methyl/N-ethyl adjacent to an activating group) is 1. The molecular weight excluding hydrogens is 202 g/mol. The number of nitrogens with one attached hydrogen (secondary N) is 2. The van der Waals surface area contributed by atoms with Crippen LogP contribution in [0.25, 0.3) is 11.3 Å². The highest BCUT2D eigenvalue weighted by Crippen LogP contribution is 2.16. The van der Waals surface area contributed by atoms with E-state index in [0.717, 1.165) is 16.8 Å².